The van der Waals surface area contributed by atoms with Crippen LogP contribution in [0.3, 0.4) is 0 Å². The second-order valence-electron chi connectivity index (χ2n) is 9.59. The highest BCUT2D eigenvalue weighted by Gasteiger charge is 2.56. The van der Waals surface area contributed by atoms with E-state index in [1.165, 1.54) is 11.1 Å². The van der Waals surface area contributed by atoms with Crippen LogP contribution in [0.4, 0.5) is 4.79 Å². The van der Waals surface area contributed by atoms with Gasteiger partial charge in [0.2, 0.25) is 5.91 Å². The van der Waals surface area contributed by atoms with Crippen molar-refractivity contribution in [2.24, 2.45) is 11.8 Å². The minimum atomic E-state index is -0.806. The van der Waals surface area contributed by atoms with Crippen LogP contribution in [0.2, 0.25) is 0 Å². The Labute approximate surface area is 199 Å². The lowest BCUT2D eigenvalue weighted by molar-refractivity contribution is -0.148. The van der Waals surface area contributed by atoms with Crippen LogP contribution in [-0.2, 0) is 14.3 Å². The fourth-order valence-electron chi connectivity index (χ4n) is 5.90. The second kappa shape index (κ2) is 9.12. The molecular formula is C27H30N2O5. The Hall–Kier alpha value is -3.35. The summed E-state index contributed by atoms with van der Waals surface area (Å²) in [6.45, 7) is 2.76. The van der Waals surface area contributed by atoms with E-state index in [1.807, 2.05) is 31.2 Å². The zero-order chi connectivity index (χ0) is 23.8. The van der Waals surface area contributed by atoms with Gasteiger partial charge in [-0.15, -0.1) is 0 Å². The Morgan fingerprint density at radius 2 is 1.74 bits per heavy atom. The summed E-state index contributed by atoms with van der Waals surface area (Å²) in [5, 5.41) is 12.2. The quantitative estimate of drug-likeness (QED) is 0.618. The SMILES string of the molecule is CCC(CCC(=O)N1CC2CC1C2C(=O)O)NC(=O)OCC1c2ccccc2-c2ccccc21. The van der Waals surface area contributed by atoms with Crippen LogP contribution in [0.1, 0.15) is 49.7 Å². The molecule has 0 aromatic heterocycles. The first-order valence-corrected chi connectivity index (χ1v) is 12.1. The van der Waals surface area contributed by atoms with Crippen molar-refractivity contribution in [2.75, 3.05) is 13.2 Å². The van der Waals surface area contributed by atoms with E-state index in [9.17, 15) is 19.5 Å². The zero-order valence-electron chi connectivity index (χ0n) is 19.3. The smallest absolute Gasteiger partial charge is 0.407 e. The van der Waals surface area contributed by atoms with Crippen LogP contribution < -0.4 is 5.32 Å². The highest BCUT2D eigenvalue weighted by atomic mass is 16.5. The van der Waals surface area contributed by atoms with Gasteiger partial charge in [-0.2, -0.15) is 0 Å². The fourth-order valence-corrected chi connectivity index (χ4v) is 5.90. The summed E-state index contributed by atoms with van der Waals surface area (Å²) >= 11 is 0. The monoisotopic (exact) mass is 462 g/mol. The molecule has 3 fully saturated rings. The van der Waals surface area contributed by atoms with Crippen molar-refractivity contribution in [3.8, 4) is 11.1 Å². The summed E-state index contributed by atoms with van der Waals surface area (Å²) in [5.74, 6) is -1.15. The summed E-state index contributed by atoms with van der Waals surface area (Å²) in [7, 11) is 0. The first-order valence-electron chi connectivity index (χ1n) is 12.1. The van der Waals surface area contributed by atoms with Gasteiger partial charge in [-0.05, 0) is 47.4 Å². The number of rotatable bonds is 8. The van der Waals surface area contributed by atoms with Crippen molar-refractivity contribution >= 4 is 18.0 Å². The number of carbonyl (C=O) groups is 3. The van der Waals surface area contributed by atoms with Crippen molar-refractivity contribution in [2.45, 2.75) is 50.6 Å². The predicted octanol–water partition coefficient (Wildman–Crippen LogP) is 4.02. The molecule has 4 aliphatic rings. The van der Waals surface area contributed by atoms with E-state index >= 15 is 0 Å². The van der Waals surface area contributed by atoms with E-state index in [2.05, 4.69) is 29.6 Å². The second-order valence-corrected chi connectivity index (χ2v) is 9.59. The summed E-state index contributed by atoms with van der Waals surface area (Å²) in [5.41, 5.74) is 4.69. The Kier molecular flexibility index (Phi) is 6.02. The Balaban J connectivity index is 1.13. The van der Waals surface area contributed by atoms with Gasteiger partial charge >= 0.3 is 12.1 Å². The van der Waals surface area contributed by atoms with Gasteiger partial charge in [0.1, 0.15) is 6.61 Å². The lowest BCUT2D eigenvalue weighted by atomic mass is 9.74. The van der Waals surface area contributed by atoms with Crippen LogP contribution in [0.5, 0.6) is 0 Å². The van der Waals surface area contributed by atoms with Crippen molar-refractivity contribution in [1.82, 2.24) is 10.2 Å². The number of nitrogens with zero attached hydrogens (tertiary/aromatic N) is 1. The van der Waals surface area contributed by atoms with Crippen LogP contribution in [0.15, 0.2) is 48.5 Å². The van der Waals surface area contributed by atoms with E-state index < -0.39 is 18.0 Å². The molecule has 4 unspecified atom stereocenters. The van der Waals surface area contributed by atoms with Gasteiger partial charge in [-0.25, -0.2) is 4.79 Å². The summed E-state index contributed by atoms with van der Waals surface area (Å²) in [6, 6.07) is 16.1. The molecule has 2 bridgehead atoms. The van der Waals surface area contributed by atoms with Crippen molar-refractivity contribution in [1.29, 1.82) is 0 Å². The molecule has 178 valence electrons. The number of alkyl carbamates (subject to hydrolysis) is 1. The average Bonchev–Trinajstić information content (AvgIpc) is 3.51. The standard InChI is InChI=1S/C27H30N2O5/c1-2-17(11-12-24(30)29-14-16-13-23(29)25(16)26(31)32)28-27(33)34-15-22-20-9-5-3-7-18(20)19-8-4-6-10-21(19)22/h3-10,16-17,22-23,25H,2,11-15H2,1H3,(H,28,33)(H,31,32). The third kappa shape index (κ3) is 3.93. The minimum absolute atomic E-state index is 0.00337. The highest BCUT2D eigenvalue weighted by molar-refractivity contribution is 5.81. The molecule has 2 saturated heterocycles. The Morgan fingerprint density at radius 3 is 2.32 bits per heavy atom. The zero-order valence-corrected chi connectivity index (χ0v) is 19.3. The molecule has 0 spiro atoms. The third-order valence-corrected chi connectivity index (χ3v) is 7.77. The van der Waals surface area contributed by atoms with Gasteiger partial charge in [0, 0.05) is 31.0 Å². The summed E-state index contributed by atoms with van der Waals surface area (Å²) in [4.78, 5) is 38.3. The molecule has 2 aromatic rings. The molecule has 2 aliphatic heterocycles. The average molecular weight is 463 g/mol. The van der Waals surface area contributed by atoms with Crippen LogP contribution >= 0.6 is 0 Å². The van der Waals surface area contributed by atoms with E-state index in [1.54, 1.807) is 4.90 Å². The van der Waals surface area contributed by atoms with Crippen LogP contribution in [0.25, 0.3) is 11.1 Å². The number of hydrogen-bond donors (Lipinski definition) is 2. The molecule has 1 saturated carbocycles. The number of aliphatic carboxylic acids is 1. The molecule has 2 aliphatic carbocycles. The Bertz CT molecular complexity index is 1070. The molecule has 7 heteroatoms. The first-order chi connectivity index (χ1) is 16.5. The lowest BCUT2D eigenvalue weighted by Crippen LogP contribution is -2.45. The van der Waals surface area contributed by atoms with Crippen LogP contribution in [0, 0.1) is 11.8 Å². The third-order valence-electron chi connectivity index (χ3n) is 7.77. The number of carboxylic acid groups (broad SMARTS) is 1. The molecule has 0 radical (unpaired) electrons. The number of benzene rings is 2. The Morgan fingerprint density at radius 1 is 1.09 bits per heavy atom. The predicted molar refractivity (Wildman–Crippen MR) is 126 cm³/mol. The van der Waals surface area contributed by atoms with E-state index in [0.29, 0.717) is 19.4 Å². The molecule has 2 aromatic carbocycles. The van der Waals surface area contributed by atoms with Gasteiger partial charge in [0.15, 0.2) is 0 Å². The summed E-state index contributed by atoms with van der Waals surface area (Å²) < 4.78 is 5.63. The van der Waals surface area contributed by atoms with Gasteiger partial charge in [0.05, 0.1) is 5.92 Å². The van der Waals surface area contributed by atoms with E-state index in [4.69, 9.17) is 4.74 Å². The molecule has 7 nitrogen and oxygen atoms in total. The maximum atomic E-state index is 12.7. The molecular weight excluding hydrogens is 432 g/mol. The largest absolute Gasteiger partial charge is 0.481 e. The van der Waals surface area contributed by atoms with Gasteiger partial charge in [-0.3, -0.25) is 9.59 Å². The normalized spacial score (nSPS) is 23.0. The fraction of sp³-hybridized carbons (Fsp3) is 0.444. The maximum Gasteiger partial charge on any atom is 0.407 e. The lowest BCUT2D eigenvalue weighted by Gasteiger charge is -2.33. The van der Waals surface area contributed by atoms with Gasteiger partial charge in [-0.1, -0.05) is 55.5 Å². The van der Waals surface area contributed by atoms with Crippen LogP contribution in [-0.4, -0.2) is 53.2 Å². The van der Waals surface area contributed by atoms with E-state index in [0.717, 1.165) is 17.5 Å². The number of carbonyl (C=O) groups excluding carboxylic acids is 2. The number of amides is 2. The number of hydrogen-bond acceptors (Lipinski definition) is 4. The minimum Gasteiger partial charge on any atom is -0.481 e. The molecule has 6 rings (SSSR count). The topological polar surface area (TPSA) is 95.9 Å². The van der Waals surface area contributed by atoms with Crippen molar-refractivity contribution in [3.05, 3.63) is 59.7 Å². The molecule has 4 atom stereocenters. The summed E-state index contributed by atoms with van der Waals surface area (Å²) in [6.07, 6.45) is 1.79. The van der Waals surface area contributed by atoms with E-state index in [-0.39, 0.29) is 42.9 Å². The molecule has 2 heterocycles. The van der Waals surface area contributed by atoms with Gasteiger partial charge in [0.25, 0.3) is 0 Å². The number of carboxylic acids is 1. The number of nitrogens with one attached hydrogen (secondary N) is 1. The molecule has 2 amide bonds. The van der Waals surface area contributed by atoms with Crippen molar-refractivity contribution in [3.63, 3.8) is 0 Å². The molecule has 34 heavy (non-hydrogen) atoms. The molecule has 2 N–H and O–H groups in total. The van der Waals surface area contributed by atoms with Crippen molar-refractivity contribution < 1.29 is 24.2 Å². The maximum absolute atomic E-state index is 12.7. The number of ether oxygens (including phenoxy) is 1. The highest BCUT2D eigenvalue weighted by Crippen LogP contribution is 2.47. The van der Waals surface area contributed by atoms with Gasteiger partial charge < -0.3 is 20.1 Å². The first kappa shape index (κ1) is 22.4. The number of fused-ring (bicyclic) bond motifs is 4.